The van der Waals surface area contributed by atoms with Crippen molar-refractivity contribution in [2.45, 2.75) is 57.7 Å². The number of anilines is 1. The highest BCUT2D eigenvalue weighted by atomic mass is 16.7. The molecule has 0 amide bonds. The molecule has 2 aromatic heterocycles. The zero-order valence-electron chi connectivity index (χ0n) is 19.3. The number of fused-ring (bicyclic) bond motifs is 2. The van der Waals surface area contributed by atoms with Crippen LogP contribution >= 0.6 is 0 Å². The molecular weight excluding hydrogens is 436 g/mol. The lowest BCUT2D eigenvalue weighted by molar-refractivity contribution is 0.125. The predicted molar refractivity (Wildman–Crippen MR) is 128 cm³/mol. The Bertz CT molecular complexity index is 1220. The van der Waals surface area contributed by atoms with Gasteiger partial charge in [-0.15, -0.1) is 0 Å². The fourth-order valence-corrected chi connectivity index (χ4v) is 4.49. The number of pyridine rings is 1. The monoisotopic (exact) mass is 466 g/mol. The smallest absolute Gasteiger partial charge is 0.293 e. The molecule has 3 aromatic rings. The van der Waals surface area contributed by atoms with Crippen LogP contribution in [0.15, 0.2) is 35.3 Å². The van der Waals surface area contributed by atoms with E-state index in [0.29, 0.717) is 48.1 Å². The Morgan fingerprint density at radius 3 is 2.79 bits per heavy atom. The molecule has 1 saturated carbocycles. The SMILES string of the molecule is CCCOCCn1c(=O)c(NC2CCC(O)CC2)nc2cnc(-c3ccc4c(c3)OCO4)cc21. The van der Waals surface area contributed by atoms with E-state index in [0.717, 1.165) is 43.4 Å². The number of hydrogen-bond acceptors (Lipinski definition) is 8. The van der Waals surface area contributed by atoms with Gasteiger partial charge in [-0.25, -0.2) is 4.98 Å². The first kappa shape index (κ1) is 22.6. The maximum atomic E-state index is 13.5. The van der Waals surface area contributed by atoms with E-state index in [4.69, 9.17) is 14.2 Å². The lowest BCUT2D eigenvalue weighted by Crippen LogP contribution is -2.33. The molecule has 0 bridgehead atoms. The number of rotatable bonds is 8. The van der Waals surface area contributed by atoms with Crippen molar-refractivity contribution < 1.29 is 19.3 Å². The van der Waals surface area contributed by atoms with E-state index in [9.17, 15) is 9.90 Å². The van der Waals surface area contributed by atoms with Crippen LogP contribution in [0.2, 0.25) is 0 Å². The average molecular weight is 467 g/mol. The predicted octanol–water partition coefficient (Wildman–Crippen LogP) is 3.33. The number of nitrogens with one attached hydrogen (secondary N) is 1. The third-order valence-electron chi connectivity index (χ3n) is 6.35. The minimum Gasteiger partial charge on any atom is -0.454 e. The maximum Gasteiger partial charge on any atom is 0.293 e. The topological polar surface area (TPSA) is 108 Å². The van der Waals surface area contributed by atoms with Gasteiger partial charge in [0.15, 0.2) is 17.3 Å². The molecule has 2 aliphatic rings. The van der Waals surface area contributed by atoms with Crippen LogP contribution < -0.4 is 20.3 Å². The number of aliphatic hydroxyl groups excluding tert-OH is 1. The normalized spacial score (nSPS) is 19.5. The van der Waals surface area contributed by atoms with Gasteiger partial charge in [-0.2, -0.15) is 0 Å². The van der Waals surface area contributed by atoms with E-state index >= 15 is 0 Å². The Kier molecular flexibility index (Phi) is 6.64. The summed E-state index contributed by atoms with van der Waals surface area (Å²) in [5, 5.41) is 13.1. The van der Waals surface area contributed by atoms with Gasteiger partial charge < -0.3 is 29.2 Å². The van der Waals surface area contributed by atoms with Crippen molar-refractivity contribution >= 4 is 16.9 Å². The van der Waals surface area contributed by atoms with Crippen molar-refractivity contribution in [1.82, 2.24) is 14.5 Å². The zero-order valence-corrected chi connectivity index (χ0v) is 19.3. The van der Waals surface area contributed by atoms with Crippen molar-refractivity contribution in [3.63, 3.8) is 0 Å². The molecule has 0 atom stereocenters. The molecule has 34 heavy (non-hydrogen) atoms. The van der Waals surface area contributed by atoms with Gasteiger partial charge in [-0.3, -0.25) is 9.78 Å². The van der Waals surface area contributed by atoms with Crippen LogP contribution in [-0.4, -0.2) is 51.8 Å². The molecule has 1 aromatic carbocycles. The summed E-state index contributed by atoms with van der Waals surface area (Å²) in [6, 6.07) is 7.69. The van der Waals surface area contributed by atoms with Crippen LogP contribution in [-0.2, 0) is 11.3 Å². The number of aliphatic hydroxyl groups is 1. The molecule has 180 valence electrons. The first-order chi connectivity index (χ1) is 16.6. The molecular formula is C25H30N4O5. The number of benzene rings is 1. The summed E-state index contributed by atoms with van der Waals surface area (Å²) in [5.41, 5.74) is 2.75. The highest BCUT2D eigenvalue weighted by molar-refractivity contribution is 5.80. The summed E-state index contributed by atoms with van der Waals surface area (Å²) in [6.45, 7) is 3.77. The van der Waals surface area contributed by atoms with Gasteiger partial charge in [-0.1, -0.05) is 6.92 Å². The summed E-state index contributed by atoms with van der Waals surface area (Å²) >= 11 is 0. The van der Waals surface area contributed by atoms with Crippen LogP contribution in [0.3, 0.4) is 0 Å². The van der Waals surface area contributed by atoms with Crippen LogP contribution in [0.25, 0.3) is 22.3 Å². The third-order valence-corrected chi connectivity index (χ3v) is 6.35. The van der Waals surface area contributed by atoms with E-state index in [1.54, 1.807) is 10.8 Å². The second-order valence-corrected chi connectivity index (χ2v) is 8.81. The second-order valence-electron chi connectivity index (χ2n) is 8.81. The number of hydrogen-bond donors (Lipinski definition) is 2. The van der Waals surface area contributed by atoms with Crippen molar-refractivity contribution in [2.24, 2.45) is 0 Å². The van der Waals surface area contributed by atoms with Gasteiger partial charge in [0.05, 0.1) is 30.1 Å². The number of ether oxygens (including phenoxy) is 3. The highest BCUT2D eigenvalue weighted by Crippen LogP contribution is 2.35. The minimum atomic E-state index is -0.256. The summed E-state index contributed by atoms with van der Waals surface area (Å²) in [7, 11) is 0. The van der Waals surface area contributed by atoms with Crippen LogP contribution in [0.1, 0.15) is 39.0 Å². The maximum absolute atomic E-state index is 13.5. The Balaban J connectivity index is 1.50. The van der Waals surface area contributed by atoms with E-state index in [1.165, 1.54) is 0 Å². The Hall–Kier alpha value is -3.17. The molecule has 0 spiro atoms. The molecule has 2 N–H and O–H groups in total. The zero-order chi connectivity index (χ0) is 23.5. The number of nitrogens with zero attached hydrogens (tertiary/aromatic N) is 3. The van der Waals surface area contributed by atoms with Gasteiger partial charge in [0.2, 0.25) is 6.79 Å². The summed E-state index contributed by atoms with van der Waals surface area (Å²) < 4.78 is 18.3. The van der Waals surface area contributed by atoms with Gasteiger partial charge in [0.1, 0.15) is 5.52 Å². The first-order valence-corrected chi connectivity index (χ1v) is 12.0. The fourth-order valence-electron chi connectivity index (χ4n) is 4.49. The summed E-state index contributed by atoms with van der Waals surface area (Å²) in [4.78, 5) is 22.7. The van der Waals surface area contributed by atoms with Gasteiger partial charge in [-0.05, 0) is 56.4 Å². The second kappa shape index (κ2) is 9.99. The molecule has 9 heteroatoms. The van der Waals surface area contributed by atoms with Crippen LogP contribution in [0, 0.1) is 0 Å². The fraction of sp³-hybridized carbons (Fsp3) is 0.480. The minimum absolute atomic E-state index is 0.117. The van der Waals surface area contributed by atoms with Crippen molar-refractivity contribution in [3.05, 3.63) is 40.8 Å². The van der Waals surface area contributed by atoms with E-state index in [1.807, 2.05) is 24.3 Å². The Morgan fingerprint density at radius 2 is 1.97 bits per heavy atom. The van der Waals surface area contributed by atoms with Gasteiger partial charge in [0.25, 0.3) is 5.56 Å². The molecule has 1 aliphatic carbocycles. The van der Waals surface area contributed by atoms with E-state index < -0.39 is 0 Å². The molecule has 0 saturated heterocycles. The first-order valence-electron chi connectivity index (χ1n) is 12.0. The highest BCUT2D eigenvalue weighted by Gasteiger charge is 2.22. The summed E-state index contributed by atoms with van der Waals surface area (Å²) in [6.07, 6.45) is 5.44. The molecule has 0 unspecified atom stereocenters. The standard InChI is InChI=1S/C25H30N4O5/c1-2-10-32-11-9-29-21-13-19(16-3-8-22-23(12-16)34-15-33-22)26-14-20(21)28-24(25(29)31)27-17-4-6-18(30)7-5-17/h3,8,12-14,17-18,30H,2,4-7,9-11,15H2,1H3,(H,27,28). The Morgan fingerprint density at radius 1 is 1.15 bits per heavy atom. The van der Waals surface area contributed by atoms with Crippen molar-refractivity contribution in [1.29, 1.82) is 0 Å². The molecule has 1 aliphatic heterocycles. The third kappa shape index (κ3) is 4.71. The lowest BCUT2D eigenvalue weighted by Gasteiger charge is -2.26. The quantitative estimate of drug-likeness (QED) is 0.487. The average Bonchev–Trinajstić information content (AvgIpc) is 3.33. The lowest BCUT2D eigenvalue weighted by atomic mass is 9.93. The van der Waals surface area contributed by atoms with Gasteiger partial charge in [0, 0.05) is 24.8 Å². The molecule has 1 fully saturated rings. The van der Waals surface area contributed by atoms with Gasteiger partial charge >= 0.3 is 0 Å². The van der Waals surface area contributed by atoms with Crippen molar-refractivity contribution in [3.8, 4) is 22.8 Å². The molecule has 5 rings (SSSR count). The van der Waals surface area contributed by atoms with E-state index in [-0.39, 0.29) is 24.5 Å². The summed E-state index contributed by atoms with van der Waals surface area (Å²) in [5.74, 6) is 1.71. The van der Waals surface area contributed by atoms with Crippen LogP contribution in [0.4, 0.5) is 5.82 Å². The van der Waals surface area contributed by atoms with E-state index in [2.05, 4.69) is 22.2 Å². The Labute approximate surface area is 197 Å². The molecule has 9 nitrogen and oxygen atoms in total. The van der Waals surface area contributed by atoms with Crippen molar-refractivity contribution in [2.75, 3.05) is 25.3 Å². The molecule has 0 radical (unpaired) electrons. The molecule has 3 heterocycles. The largest absolute Gasteiger partial charge is 0.454 e. The number of aromatic nitrogens is 3. The van der Waals surface area contributed by atoms with Crippen LogP contribution in [0.5, 0.6) is 11.5 Å².